The van der Waals surface area contributed by atoms with E-state index in [0.29, 0.717) is 0 Å². The van der Waals surface area contributed by atoms with Crippen molar-refractivity contribution in [3.63, 3.8) is 0 Å². The van der Waals surface area contributed by atoms with Gasteiger partial charge in [0.2, 0.25) is 5.69 Å². The van der Waals surface area contributed by atoms with Crippen molar-refractivity contribution < 1.29 is 8.96 Å². The van der Waals surface area contributed by atoms with E-state index >= 15 is 4.39 Å². The van der Waals surface area contributed by atoms with Gasteiger partial charge in [0.1, 0.15) is 13.2 Å². The van der Waals surface area contributed by atoms with E-state index in [-0.39, 0.29) is 12.1 Å². The van der Waals surface area contributed by atoms with Crippen LogP contribution < -0.4 is 4.57 Å². The molecule has 1 aromatic heterocycles. The molecule has 28 heavy (non-hydrogen) atoms. The molecule has 3 rings (SSSR count). The number of pyridine rings is 1. The summed E-state index contributed by atoms with van der Waals surface area (Å²) in [6.07, 6.45) is 6.31. The predicted molar refractivity (Wildman–Crippen MR) is 117 cm³/mol. The molecule has 2 heteroatoms. The number of nitrogens with zero attached hydrogens (tertiary/aromatic N) is 1. The van der Waals surface area contributed by atoms with E-state index in [2.05, 4.69) is 75.6 Å². The third kappa shape index (κ3) is 3.00. The van der Waals surface area contributed by atoms with E-state index in [1.807, 2.05) is 0 Å². The second-order valence-corrected chi connectivity index (χ2v) is 8.69. The molecule has 0 fully saturated rings. The van der Waals surface area contributed by atoms with Gasteiger partial charge in [-0.05, 0) is 48.9 Å². The van der Waals surface area contributed by atoms with E-state index in [0.717, 1.165) is 32.2 Å². The summed E-state index contributed by atoms with van der Waals surface area (Å²) in [4.78, 5) is 0. The lowest BCUT2D eigenvalue weighted by Crippen LogP contribution is -2.55. The lowest BCUT2D eigenvalue weighted by molar-refractivity contribution is -0.697. The zero-order valence-electron chi connectivity index (χ0n) is 18.4. The Bertz CT molecular complexity index is 821. The summed E-state index contributed by atoms with van der Waals surface area (Å²) in [5, 5.41) is 0. The average molecular weight is 383 g/mol. The third-order valence-electron chi connectivity index (χ3n) is 7.40. The van der Waals surface area contributed by atoms with Crippen molar-refractivity contribution >= 4 is 0 Å². The van der Waals surface area contributed by atoms with Crippen LogP contribution in [0, 0.1) is 0 Å². The highest BCUT2D eigenvalue weighted by Gasteiger charge is 2.56. The van der Waals surface area contributed by atoms with Gasteiger partial charge < -0.3 is 0 Å². The van der Waals surface area contributed by atoms with Crippen LogP contribution in [0.5, 0.6) is 0 Å². The minimum absolute atomic E-state index is 0.235. The maximum atomic E-state index is 15.0. The molecule has 2 aromatic rings. The first-order valence-electron chi connectivity index (χ1n) is 11.3. The molecule has 0 saturated carbocycles. The number of hydrogen-bond donors (Lipinski definition) is 0. The molecule has 2 heterocycles. The summed E-state index contributed by atoms with van der Waals surface area (Å²) in [5.74, 6) is 0. The Balaban J connectivity index is 2.39. The number of fused-ring (bicyclic) bond motifs is 4. The first-order valence-corrected chi connectivity index (χ1v) is 11.3. The number of unbranched alkanes of at least 4 members (excludes halogenated alkanes) is 1. The van der Waals surface area contributed by atoms with Gasteiger partial charge in [0.05, 0.1) is 11.0 Å². The SMILES string of the molecule is CCCCc1ccc2c(c1)-c1cccc([n+]1CCC)C(CC)(CF)C2(C)CC. The summed E-state index contributed by atoms with van der Waals surface area (Å²) >= 11 is 0. The summed E-state index contributed by atoms with van der Waals surface area (Å²) in [5.41, 5.74) is 5.74. The normalized spacial score (nSPS) is 23.4. The van der Waals surface area contributed by atoms with Gasteiger partial charge in [-0.3, -0.25) is 0 Å². The molecule has 0 spiro atoms. The third-order valence-corrected chi connectivity index (χ3v) is 7.40. The fourth-order valence-corrected chi connectivity index (χ4v) is 5.43. The van der Waals surface area contributed by atoms with Gasteiger partial charge in [-0.25, -0.2) is 4.39 Å². The number of hydrogen-bond acceptors (Lipinski definition) is 0. The second kappa shape index (κ2) is 8.35. The summed E-state index contributed by atoms with van der Waals surface area (Å²) in [6.45, 7) is 11.8. The van der Waals surface area contributed by atoms with E-state index in [1.54, 1.807) is 0 Å². The maximum Gasteiger partial charge on any atom is 0.213 e. The minimum atomic E-state index is -0.497. The Kier molecular flexibility index (Phi) is 6.27. The zero-order chi connectivity index (χ0) is 20.4. The molecular weight excluding hydrogens is 345 g/mol. The molecule has 2 unspecified atom stereocenters. The van der Waals surface area contributed by atoms with Crippen LogP contribution in [-0.4, -0.2) is 6.67 Å². The van der Waals surface area contributed by atoms with Crippen LogP contribution in [-0.2, 0) is 23.8 Å². The van der Waals surface area contributed by atoms with E-state index in [9.17, 15) is 0 Å². The highest BCUT2D eigenvalue weighted by atomic mass is 19.1. The lowest BCUT2D eigenvalue weighted by Gasteiger charge is -2.44. The number of aryl methyl sites for hydroxylation is 1. The van der Waals surface area contributed by atoms with Gasteiger partial charge in [0.25, 0.3) is 0 Å². The van der Waals surface area contributed by atoms with Crippen molar-refractivity contribution in [3.8, 4) is 11.3 Å². The Hall–Kier alpha value is -1.70. The molecule has 2 atom stereocenters. The van der Waals surface area contributed by atoms with Crippen LogP contribution in [0.3, 0.4) is 0 Å². The Labute approximate surface area is 171 Å². The average Bonchev–Trinajstić information content (AvgIpc) is 2.76. The number of aromatic nitrogens is 1. The van der Waals surface area contributed by atoms with Crippen molar-refractivity contribution in [2.24, 2.45) is 0 Å². The van der Waals surface area contributed by atoms with Gasteiger partial charge in [-0.1, -0.05) is 53.2 Å². The predicted octanol–water partition coefficient (Wildman–Crippen LogP) is 6.69. The molecule has 1 aliphatic heterocycles. The van der Waals surface area contributed by atoms with Crippen molar-refractivity contribution in [1.29, 1.82) is 0 Å². The maximum absolute atomic E-state index is 15.0. The molecule has 1 aromatic carbocycles. The van der Waals surface area contributed by atoms with E-state index in [1.165, 1.54) is 40.9 Å². The largest absolute Gasteiger partial charge is 0.250 e. The summed E-state index contributed by atoms with van der Waals surface area (Å²) < 4.78 is 17.5. The smallest absolute Gasteiger partial charge is 0.213 e. The number of benzene rings is 1. The van der Waals surface area contributed by atoms with Crippen LogP contribution >= 0.6 is 0 Å². The van der Waals surface area contributed by atoms with Gasteiger partial charge in [-0.2, -0.15) is 4.57 Å². The van der Waals surface area contributed by atoms with E-state index < -0.39 is 5.41 Å². The van der Waals surface area contributed by atoms with Crippen molar-refractivity contribution in [3.05, 3.63) is 53.2 Å². The highest BCUT2D eigenvalue weighted by Crippen LogP contribution is 2.52. The fraction of sp³-hybridized carbons (Fsp3) is 0.577. The van der Waals surface area contributed by atoms with Crippen LogP contribution in [0.15, 0.2) is 36.4 Å². The molecule has 1 nitrogen and oxygen atoms in total. The fourth-order valence-electron chi connectivity index (χ4n) is 5.43. The number of rotatable bonds is 8. The van der Waals surface area contributed by atoms with Gasteiger partial charge in [0.15, 0.2) is 5.69 Å². The minimum Gasteiger partial charge on any atom is -0.250 e. The standard InChI is InChI=1S/C26H37FN/c1-6-10-12-20-15-16-22-21(18-20)23-13-11-14-24(28(23)17-7-2)26(9-4,19-27)25(22,5)8-3/h11,13-16,18H,6-10,12,17,19H2,1-5H3/q+1. The number of halogens is 1. The summed E-state index contributed by atoms with van der Waals surface area (Å²) in [6, 6.07) is 13.6. The molecule has 0 saturated heterocycles. The molecular formula is C26H37FN+. The summed E-state index contributed by atoms with van der Waals surface area (Å²) in [7, 11) is 0. The Morgan fingerprint density at radius 3 is 2.36 bits per heavy atom. The molecule has 0 aliphatic carbocycles. The van der Waals surface area contributed by atoms with Crippen LogP contribution in [0.25, 0.3) is 11.3 Å². The second-order valence-electron chi connectivity index (χ2n) is 8.69. The van der Waals surface area contributed by atoms with Crippen LogP contribution in [0.2, 0.25) is 0 Å². The zero-order valence-corrected chi connectivity index (χ0v) is 18.4. The molecule has 2 bridgehead atoms. The van der Waals surface area contributed by atoms with Crippen molar-refractivity contribution in [2.45, 2.75) is 90.5 Å². The van der Waals surface area contributed by atoms with Gasteiger partial charge in [0, 0.05) is 24.0 Å². The quantitative estimate of drug-likeness (QED) is 0.448. The Morgan fingerprint density at radius 1 is 0.964 bits per heavy atom. The molecule has 152 valence electrons. The molecule has 1 aliphatic rings. The van der Waals surface area contributed by atoms with Crippen LogP contribution in [0.1, 0.15) is 83.5 Å². The monoisotopic (exact) mass is 382 g/mol. The van der Waals surface area contributed by atoms with Crippen molar-refractivity contribution in [2.75, 3.05) is 6.67 Å². The first-order chi connectivity index (χ1) is 13.5. The van der Waals surface area contributed by atoms with Crippen molar-refractivity contribution in [1.82, 2.24) is 0 Å². The highest BCUT2D eigenvalue weighted by molar-refractivity contribution is 5.67. The first kappa shape index (κ1) is 21.0. The number of alkyl halides is 1. The molecule has 0 N–H and O–H groups in total. The van der Waals surface area contributed by atoms with Gasteiger partial charge in [-0.15, -0.1) is 0 Å². The molecule has 0 radical (unpaired) electrons. The topological polar surface area (TPSA) is 3.88 Å². The van der Waals surface area contributed by atoms with Gasteiger partial charge >= 0.3 is 0 Å². The van der Waals surface area contributed by atoms with E-state index in [4.69, 9.17) is 0 Å². The van der Waals surface area contributed by atoms with Crippen LogP contribution in [0.4, 0.5) is 4.39 Å². The Morgan fingerprint density at radius 2 is 1.75 bits per heavy atom. The molecule has 0 amide bonds. The lowest BCUT2D eigenvalue weighted by atomic mass is 9.57.